The second-order valence-electron chi connectivity index (χ2n) is 6.65. The zero-order valence-electron chi connectivity index (χ0n) is 14.7. The molecule has 26 heavy (non-hydrogen) atoms. The minimum Gasteiger partial charge on any atom is -0.390 e. The molecule has 2 aromatic heterocycles. The summed E-state index contributed by atoms with van der Waals surface area (Å²) in [6.07, 6.45) is 3.00. The Morgan fingerprint density at radius 3 is 2.96 bits per heavy atom. The van der Waals surface area contributed by atoms with Gasteiger partial charge in [0, 0.05) is 42.2 Å². The number of hydrogen-bond acceptors (Lipinski definition) is 5. The number of H-pyrrole nitrogens is 1. The lowest BCUT2D eigenvalue weighted by Crippen LogP contribution is -2.26. The van der Waals surface area contributed by atoms with E-state index in [1.165, 1.54) is 0 Å². The maximum Gasteiger partial charge on any atom is 0.252 e. The minimum absolute atomic E-state index is 0.0236. The first-order valence-electron chi connectivity index (χ1n) is 8.75. The average molecular weight is 370 g/mol. The molecule has 0 amide bonds. The van der Waals surface area contributed by atoms with Crippen molar-refractivity contribution < 1.29 is 5.11 Å². The van der Waals surface area contributed by atoms with E-state index < -0.39 is 0 Å². The quantitative estimate of drug-likeness (QED) is 0.690. The summed E-state index contributed by atoms with van der Waals surface area (Å²) in [6, 6.07) is 10.1. The molecule has 0 saturated carbocycles. The summed E-state index contributed by atoms with van der Waals surface area (Å²) >= 11 is 1.67. The number of hydrogen-bond donors (Lipinski definition) is 2. The molecule has 3 aromatic rings. The van der Waals surface area contributed by atoms with E-state index in [9.17, 15) is 9.90 Å². The number of pyridine rings is 1. The number of nitrogens with zero attached hydrogens (tertiary/aromatic N) is 3. The van der Waals surface area contributed by atoms with Gasteiger partial charge in [-0.15, -0.1) is 11.8 Å². The Labute approximate surface area is 155 Å². The first-order valence-corrected chi connectivity index (χ1v) is 9.97. The van der Waals surface area contributed by atoms with Crippen LogP contribution in [0.5, 0.6) is 0 Å². The molecular formula is C19H22N4O2S. The highest BCUT2D eigenvalue weighted by Crippen LogP contribution is 2.21. The highest BCUT2D eigenvalue weighted by atomic mass is 32.2. The normalized spacial score (nSPS) is 15.2. The zero-order chi connectivity index (χ0) is 18.1. The summed E-state index contributed by atoms with van der Waals surface area (Å²) in [5.41, 5.74) is 3.44. The number of benzene rings is 1. The molecule has 1 aromatic carbocycles. The number of aromatic amines is 1. The van der Waals surface area contributed by atoms with Crippen molar-refractivity contribution in [3.05, 3.63) is 57.6 Å². The molecule has 0 saturated heterocycles. The lowest BCUT2D eigenvalue weighted by molar-refractivity contribution is 0.259. The summed E-state index contributed by atoms with van der Waals surface area (Å²) in [6.45, 7) is 3.06. The first kappa shape index (κ1) is 17.3. The molecule has 3 heterocycles. The van der Waals surface area contributed by atoms with Crippen LogP contribution in [0.2, 0.25) is 0 Å². The first-order chi connectivity index (χ1) is 12.7. The number of aliphatic hydroxyl groups is 1. The van der Waals surface area contributed by atoms with E-state index in [0.29, 0.717) is 12.2 Å². The van der Waals surface area contributed by atoms with Gasteiger partial charge in [-0.05, 0) is 42.3 Å². The van der Waals surface area contributed by atoms with Crippen molar-refractivity contribution in [2.45, 2.75) is 37.6 Å². The molecule has 0 spiro atoms. The van der Waals surface area contributed by atoms with Crippen LogP contribution in [-0.2, 0) is 26.2 Å². The van der Waals surface area contributed by atoms with Crippen molar-refractivity contribution in [2.75, 3.05) is 12.8 Å². The summed E-state index contributed by atoms with van der Waals surface area (Å²) in [4.78, 5) is 19.0. The third kappa shape index (κ3) is 3.42. The van der Waals surface area contributed by atoms with Crippen molar-refractivity contribution in [3.63, 3.8) is 0 Å². The van der Waals surface area contributed by atoms with Crippen LogP contribution in [0.3, 0.4) is 0 Å². The third-order valence-corrected chi connectivity index (χ3v) is 5.56. The van der Waals surface area contributed by atoms with Crippen LogP contribution in [0.4, 0.5) is 0 Å². The van der Waals surface area contributed by atoms with Crippen molar-refractivity contribution in [2.24, 2.45) is 0 Å². The van der Waals surface area contributed by atoms with Crippen LogP contribution in [0.25, 0.3) is 10.9 Å². The summed E-state index contributed by atoms with van der Waals surface area (Å²) < 4.78 is 1.97. The van der Waals surface area contributed by atoms with Crippen LogP contribution in [-0.4, -0.2) is 37.6 Å². The van der Waals surface area contributed by atoms with Crippen LogP contribution < -0.4 is 5.56 Å². The standard InChI is InChI=1S/C19H22N4O2S/c1-26-17-4-3-13-7-14(19(25)20-18(13)9-17)10-22-5-2-6-23-16(11-22)8-15(12-24)21-23/h3-4,7-9,24H,2,5-6,10-12H2,1H3,(H,20,25). The molecule has 6 nitrogen and oxygen atoms in total. The molecule has 136 valence electrons. The molecule has 0 bridgehead atoms. The fourth-order valence-corrected chi connectivity index (χ4v) is 3.95. The Kier molecular flexibility index (Phi) is 4.84. The Morgan fingerprint density at radius 2 is 2.15 bits per heavy atom. The van der Waals surface area contributed by atoms with E-state index in [0.717, 1.165) is 53.1 Å². The van der Waals surface area contributed by atoms with Crippen molar-refractivity contribution in [3.8, 4) is 0 Å². The monoisotopic (exact) mass is 370 g/mol. The van der Waals surface area contributed by atoms with Crippen molar-refractivity contribution in [1.82, 2.24) is 19.7 Å². The van der Waals surface area contributed by atoms with Gasteiger partial charge in [-0.3, -0.25) is 14.4 Å². The lowest BCUT2D eigenvalue weighted by atomic mass is 10.1. The van der Waals surface area contributed by atoms with E-state index in [1.807, 2.05) is 29.1 Å². The summed E-state index contributed by atoms with van der Waals surface area (Å²) in [5, 5.41) is 14.8. The second kappa shape index (κ2) is 7.26. The summed E-state index contributed by atoms with van der Waals surface area (Å²) in [7, 11) is 0. The van der Waals surface area contributed by atoms with Gasteiger partial charge in [-0.1, -0.05) is 6.07 Å². The van der Waals surface area contributed by atoms with Crippen molar-refractivity contribution in [1.29, 1.82) is 0 Å². The van der Waals surface area contributed by atoms with Gasteiger partial charge in [0.05, 0.1) is 18.0 Å². The molecule has 2 N–H and O–H groups in total. The fourth-order valence-electron chi connectivity index (χ4n) is 3.51. The molecule has 1 aliphatic rings. The molecule has 1 aliphatic heterocycles. The van der Waals surface area contributed by atoms with Gasteiger partial charge in [-0.25, -0.2) is 0 Å². The number of thioether (sulfide) groups is 1. The maximum atomic E-state index is 12.5. The molecule has 0 atom stereocenters. The van der Waals surface area contributed by atoms with Crippen LogP contribution >= 0.6 is 11.8 Å². The van der Waals surface area contributed by atoms with E-state index in [1.54, 1.807) is 11.8 Å². The number of aliphatic hydroxyl groups excluding tert-OH is 1. The zero-order valence-corrected chi connectivity index (χ0v) is 15.6. The third-order valence-electron chi connectivity index (χ3n) is 4.83. The predicted octanol–water partition coefficient (Wildman–Crippen LogP) is 2.34. The van der Waals surface area contributed by atoms with Crippen LogP contribution in [0.15, 0.2) is 40.0 Å². The topological polar surface area (TPSA) is 74.2 Å². The Bertz CT molecular complexity index is 995. The Morgan fingerprint density at radius 1 is 1.27 bits per heavy atom. The average Bonchev–Trinajstić information content (AvgIpc) is 2.94. The largest absolute Gasteiger partial charge is 0.390 e. The second-order valence-corrected chi connectivity index (χ2v) is 7.53. The SMILES string of the molecule is CSc1ccc2cc(CN3CCCn4nc(CO)cc4C3)c(=O)[nH]c2c1. The predicted molar refractivity (Wildman–Crippen MR) is 103 cm³/mol. The van der Waals surface area contributed by atoms with Gasteiger partial charge in [0.2, 0.25) is 0 Å². The Hall–Kier alpha value is -2.09. The molecule has 4 rings (SSSR count). The van der Waals surface area contributed by atoms with Gasteiger partial charge in [-0.2, -0.15) is 5.10 Å². The number of nitrogens with one attached hydrogen (secondary N) is 1. The molecule has 0 fully saturated rings. The Balaban J connectivity index is 1.60. The number of aromatic nitrogens is 3. The van der Waals surface area contributed by atoms with Gasteiger partial charge >= 0.3 is 0 Å². The number of aryl methyl sites for hydroxylation is 1. The molecule has 7 heteroatoms. The van der Waals surface area contributed by atoms with Crippen LogP contribution in [0.1, 0.15) is 23.4 Å². The number of fused-ring (bicyclic) bond motifs is 2. The minimum atomic E-state index is -0.0393. The highest BCUT2D eigenvalue weighted by Gasteiger charge is 2.18. The maximum absolute atomic E-state index is 12.5. The number of rotatable bonds is 4. The fraction of sp³-hybridized carbons (Fsp3) is 0.368. The van der Waals surface area contributed by atoms with Gasteiger partial charge in [0.15, 0.2) is 0 Å². The van der Waals surface area contributed by atoms with E-state index >= 15 is 0 Å². The van der Waals surface area contributed by atoms with Crippen molar-refractivity contribution >= 4 is 22.7 Å². The van der Waals surface area contributed by atoms with Gasteiger partial charge < -0.3 is 10.1 Å². The molecule has 0 radical (unpaired) electrons. The molecule has 0 aliphatic carbocycles. The lowest BCUT2D eigenvalue weighted by Gasteiger charge is -2.19. The smallest absolute Gasteiger partial charge is 0.252 e. The molecular weight excluding hydrogens is 348 g/mol. The molecule has 0 unspecified atom stereocenters. The summed E-state index contributed by atoms with van der Waals surface area (Å²) in [5.74, 6) is 0. The van der Waals surface area contributed by atoms with Gasteiger partial charge in [0.1, 0.15) is 0 Å². The van der Waals surface area contributed by atoms with E-state index in [2.05, 4.69) is 27.1 Å². The van der Waals surface area contributed by atoms with Gasteiger partial charge in [0.25, 0.3) is 5.56 Å². The van der Waals surface area contributed by atoms with Crippen LogP contribution in [0, 0.1) is 0 Å². The highest BCUT2D eigenvalue weighted by molar-refractivity contribution is 7.98. The van der Waals surface area contributed by atoms with E-state index in [-0.39, 0.29) is 12.2 Å². The van der Waals surface area contributed by atoms with E-state index in [4.69, 9.17) is 0 Å².